The molecule has 4 aliphatic rings. The summed E-state index contributed by atoms with van der Waals surface area (Å²) in [5.41, 5.74) is 4.24. The number of amides is 2. The Hall–Kier alpha value is -3.22. The van der Waals surface area contributed by atoms with Crippen LogP contribution in [0, 0.1) is 29.1 Å². The highest BCUT2D eigenvalue weighted by Crippen LogP contribution is 2.61. The predicted molar refractivity (Wildman–Crippen MR) is 198 cm³/mol. The molecule has 1 aliphatic heterocycles. The Kier molecular flexibility index (Phi) is 11.8. The lowest BCUT2D eigenvalue weighted by Crippen LogP contribution is -2.62. The number of carbonyl (C=O) groups is 2. The molecular weight excluding hydrogens is 632 g/mol. The second-order valence-electron chi connectivity index (χ2n) is 15.8. The maximum absolute atomic E-state index is 14.6. The third-order valence-electron chi connectivity index (χ3n) is 12.0. The number of nitrogens with zero attached hydrogens (tertiary/aromatic N) is 3. The number of anilines is 1. The van der Waals surface area contributed by atoms with Crippen molar-refractivity contribution in [1.82, 2.24) is 25.9 Å². The molecule has 276 valence electrons. The van der Waals surface area contributed by atoms with Crippen molar-refractivity contribution < 1.29 is 24.3 Å². The van der Waals surface area contributed by atoms with Gasteiger partial charge in [0.2, 0.25) is 5.91 Å². The van der Waals surface area contributed by atoms with Crippen LogP contribution in [0.2, 0.25) is 0 Å². The Morgan fingerprint density at radius 3 is 2.48 bits per heavy atom. The molecule has 0 aromatic heterocycles. The topological polar surface area (TPSA) is 119 Å². The van der Waals surface area contributed by atoms with Crippen LogP contribution in [0.15, 0.2) is 36.4 Å². The molecule has 6 rings (SSSR count). The number of ether oxygens (including phenoxy) is 1. The summed E-state index contributed by atoms with van der Waals surface area (Å²) in [7, 11) is 11.2. The van der Waals surface area contributed by atoms with E-state index in [1.807, 2.05) is 69.5 Å². The zero-order valence-electron chi connectivity index (χ0n) is 31.7. The third-order valence-corrected chi connectivity index (χ3v) is 12.0. The number of hydrogen-bond acceptors (Lipinski definition) is 9. The van der Waals surface area contributed by atoms with Crippen molar-refractivity contribution in [3.8, 4) is 16.9 Å². The fourth-order valence-electron chi connectivity index (χ4n) is 8.80. The number of methoxy groups -OCH3 is 1. The number of likely N-dealkylation sites (N-methyl/N-ethyl adjacent to an activating group) is 1. The first kappa shape index (κ1) is 38.0. The smallest absolute Gasteiger partial charge is 0.251 e. The fraction of sp³-hybridized carbons (Fsp3) is 0.641. The van der Waals surface area contributed by atoms with Crippen LogP contribution < -0.4 is 25.6 Å². The number of carbonyl (C=O) groups excluding carboxylic acids is 2. The van der Waals surface area contributed by atoms with Gasteiger partial charge in [-0.1, -0.05) is 39.0 Å². The monoisotopic (exact) mass is 692 g/mol. The molecule has 1 saturated heterocycles. The van der Waals surface area contributed by atoms with Gasteiger partial charge in [-0.3, -0.25) is 14.4 Å². The number of rotatable bonds is 14. The number of hydrogen-bond donors (Lipinski definition) is 4. The Balaban J connectivity index is 1.48. The zero-order valence-corrected chi connectivity index (χ0v) is 31.7. The quantitative estimate of drug-likeness (QED) is 0.236. The predicted octanol–water partition coefficient (Wildman–Crippen LogP) is 3.61. The molecule has 4 fully saturated rings. The van der Waals surface area contributed by atoms with Gasteiger partial charge in [0.05, 0.1) is 20.3 Å². The summed E-state index contributed by atoms with van der Waals surface area (Å²) in [5, 5.41) is 22.2. The lowest BCUT2D eigenvalue weighted by atomic mass is 9.45. The van der Waals surface area contributed by atoms with Crippen LogP contribution in [-0.2, 0) is 16.2 Å². The maximum Gasteiger partial charge on any atom is 0.251 e. The van der Waals surface area contributed by atoms with Crippen LogP contribution >= 0.6 is 0 Å². The molecule has 1 unspecified atom stereocenters. The number of benzene rings is 2. The minimum atomic E-state index is -0.641. The average Bonchev–Trinajstić information content (AvgIpc) is 3.46. The summed E-state index contributed by atoms with van der Waals surface area (Å²) >= 11 is 0. The van der Waals surface area contributed by atoms with Gasteiger partial charge in [0, 0.05) is 74.6 Å². The first-order valence-corrected chi connectivity index (χ1v) is 18.1. The number of hydroxylamine groups is 2. The first-order valence-electron chi connectivity index (χ1n) is 18.1. The molecule has 3 saturated carbocycles. The number of aliphatic hydroxyl groups is 1. The molecule has 2 aromatic carbocycles. The summed E-state index contributed by atoms with van der Waals surface area (Å²) in [5.74, 6) is 1.69. The zero-order chi connectivity index (χ0) is 36.5. The largest absolute Gasteiger partial charge is 0.496 e. The van der Waals surface area contributed by atoms with E-state index in [2.05, 4.69) is 48.5 Å². The normalized spacial score (nSPS) is 27.8. The van der Waals surface area contributed by atoms with E-state index in [9.17, 15) is 14.7 Å². The molecule has 0 radical (unpaired) electrons. The van der Waals surface area contributed by atoms with Crippen LogP contribution in [0.3, 0.4) is 0 Å². The van der Waals surface area contributed by atoms with Crippen LogP contribution in [-0.4, -0.2) is 113 Å². The minimum absolute atomic E-state index is 0.0628. The van der Waals surface area contributed by atoms with Gasteiger partial charge in [0.1, 0.15) is 17.9 Å². The molecule has 2 bridgehead atoms. The fourth-order valence-corrected chi connectivity index (χ4v) is 8.80. The second kappa shape index (κ2) is 15.6. The van der Waals surface area contributed by atoms with Crippen molar-refractivity contribution in [3.05, 3.63) is 47.5 Å². The second-order valence-corrected chi connectivity index (χ2v) is 15.8. The van der Waals surface area contributed by atoms with Gasteiger partial charge in [-0.05, 0) is 80.8 Å². The minimum Gasteiger partial charge on any atom is -0.496 e. The molecule has 2 amide bonds. The van der Waals surface area contributed by atoms with Crippen molar-refractivity contribution in [1.29, 1.82) is 0 Å². The summed E-state index contributed by atoms with van der Waals surface area (Å²) in [6.45, 7) is 10.8. The van der Waals surface area contributed by atoms with E-state index in [1.54, 1.807) is 19.2 Å². The van der Waals surface area contributed by atoms with Gasteiger partial charge in [0.25, 0.3) is 5.91 Å². The number of aliphatic hydroxyl groups excluding tert-OH is 1. The molecule has 1 heterocycles. The number of fused-ring (bicyclic) bond motifs is 2. The van der Waals surface area contributed by atoms with Gasteiger partial charge in [-0.25, -0.2) is 0 Å². The number of para-hydroxylation sites is 1. The molecule has 0 spiro atoms. The summed E-state index contributed by atoms with van der Waals surface area (Å²) in [6, 6.07) is 11.0. The van der Waals surface area contributed by atoms with Gasteiger partial charge < -0.3 is 35.6 Å². The standard InChI is InChI=1S/C39H60N6O5/c1-23-31-19-28(39(31,3)4)20-32(23)42-38(48)35-34(24(2)41-14-15-43(6)7)33(22-46)50-45(35)21-25-12-11-13-30(36(25)49-10)26-16-27(37(47)40-5)18-29(17-26)44(8)9/h11-13,16-18,23-24,28,31-35,41,46H,14-15,19-22H2,1-10H3,(H,40,47)(H,42,48)/t23-,24?,28+,31-,32-,33-,34+,35-/m0/s1. The highest BCUT2D eigenvalue weighted by Gasteiger charge is 2.57. The third kappa shape index (κ3) is 7.53. The highest BCUT2D eigenvalue weighted by molar-refractivity contribution is 5.97. The lowest BCUT2D eigenvalue weighted by Gasteiger charge is -2.62. The van der Waals surface area contributed by atoms with Crippen molar-refractivity contribution in [2.45, 2.75) is 71.3 Å². The van der Waals surface area contributed by atoms with Crippen molar-refractivity contribution in [2.24, 2.45) is 29.1 Å². The SMILES string of the molecule is CNC(=O)c1cc(-c2cccc(CN3O[C@@H](CO)[C@@H](C(C)NCCN(C)C)[C@H]3C(=O)N[C@H]3C[C@H]4C[C@@H]([C@@H]3C)C4(C)C)c2OC)cc(N(C)C)c1. The van der Waals surface area contributed by atoms with Crippen LogP contribution in [0.25, 0.3) is 11.1 Å². The van der Waals surface area contributed by atoms with Gasteiger partial charge in [0.15, 0.2) is 0 Å². The molecular formula is C39H60N6O5. The summed E-state index contributed by atoms with van der Waals surface area (Å²) in [4.78, 5) is 37.9. The van der Waals surface area contributed by atoms with E-state index in [0.29, 0.717) is 34.5 Å². The Bertz CT molecular complexity index is 1510. The Morgan fingerprint density at radius 2 is 1.88 bits per heavy atom. The van der Waals surface area contributed by atoms with Gasteiger partial charge in [-0.2, -0.15) is 5.06 Å². The van der Waals surface area contributed by atoms with Crippen LogP contribution in [0.1, 0.15) is 56.5 Å². The lowest BCUT2D eigenvalue weighted by molar-refractivity contribution is -0.183. The van der Waals surface area contributed by atoms with E-state index < -0.39 is 12.1 Å². The Labute approximate surface area is 299 Å². The van der Waals surface area contributed by atoms with E-state index in [-0.39, 0.29) is 43.0 Å². The van der Waals surface area contributed by atoms with E-state index >= 15 is 0 Å². The summed E-state index contributed by atoms with van der Waals surface area (Å²) < 4.78 is 6.08. The highest BCUT2D eigenvalue weighted by atomic mass is 16.7. The molecule has 3 aliphatic carbocycles. The van der Waals surface area contributed by atoms with Crippen LogP contribution in [0.5, 0.6) is 5.75 Å². The van der Waals surface area contributed by atoms with Crippen molar-refractivity contribution in [2.75, 3.05) is 66.9 Å². The van der Waals surface area contributed by atoms with E-state index in [0.717, 1.165) is 41.9 Å². The average molecular weight is 693 g/mol. The molecule has 2 aromatic rings. The van der Waals surface area contributed by atoms with Gasteiger partial charge in [-0.15, -0.1) is 0 Å². The molecule has 50 heavy (non-hydrogen) atoms. The van der Waals surface area contributed by atoms with E-state index in [1.165, 1.54) is 6.42 Å². The van der Waals surface area contributed by atoms with Crippen molar-refractivity contribution >= 4 is 17.5 Å². The first-order chi connectivity index (χ1) is 23.7. The van der Waals surface area contributed by atoms with Crippen molar-refractivity contribution in [3.63, 3.8) is 0 Å². The maximum atomic E-state index is 14.6. The van der Waals surface area contributed by atoms with Crippen LogP contribution in [0.4, 0.5) is 5.69 Å². The summed E-state index contributed by atoms with van der Waals surface area (Å²) in [6.07, 6.45) is 1.65. The molecule has 4 N–H and O–H groups in total. The molecule has 11 heteroatoms. The molecule has 11 nitrogen and oxygen atoms in total. The number of nitrogens with one attached hydrogen (secondary N) is 3. The molecule has 8 atom stereocenters. The van der Waals surface area contributed by atoms with Gasteiger partial charge >= 0.3 is 0 Å². The Morgan fingerprint density at radius 1 is 1.14 bits per heavy atom. The van der Waals surface area contributed by atoms with E-state index in [4.69, 9.17) is 9.57 Å².